The van der Waals surface area contributed by atoms with Crippen LogP contribution in [0.4, 0.5) is 10.5 Å². The maximum atomic E-state index is 12.5. The minimum Gasteiger partial charge on any atom is -0.447 e. The Morgan fingerprint density at radius 3 is 2.50 bits per heavy atom. The number of hydrogen-bond donors (Lipinski definition) is 1. The van der Waals surface area contributed by atoms with Gasteiger partial charge in [-0.2, -0.15) is 0 Å². The van der Waals surface area contributed by atoms with Gasteiger partial charge in [0.2, 0.25) is 5.91 Å². The molecule has 0 radical (unpaired) electrons. The molecule has 1 aliphatic rings. The van der Waals surface area contributed by atoms with Crippen LogP contribution in [0.5, 0.6) is 0 Å². The molecule has 5 nitrogen and oxygen atoms in total. The number of amides is 2. The SMILES string of the molecule is Nc1ccc(CCC(=O)N2C(=O)OC[C@H]2Cc2ccccc2)cc1. The maximum absolute atomic E-state index is 12.5. The summed E-state index contributed by atoms with van der Waals surface area (Å²) in [5.74, 6) is -0.199. The van der Waals surface area contributed by atoms with Crippen LogP contribution in [0.1, 0.15) is 17.5 Å². The second-order valence-electron chi connectivity index (χ2n) is 5.93. The minimum atomic E-state index is -0.543. The first-order valence-electron chi connectivity index (χ1n) is 8.00. The lowest BCUT2D eigenvalue weighted by Gasteiger charge is -2.19. The zero-order valence-electron chi connectivity index (χ0n) is 13.4. The van der Waals surface area contributed by atoms with Crippen molar-refractivity contribution in [3.63, 3.8) is 0 Å². The van der Waals surface area contributed by atoms with Gasteiger partial charge in [-0.15, -0.1) is 0 Å². The molecule has 0 bridgehead atoms. The second kappa shape index (κ2) is 7.17. The predicted molar refractivity (Wildman–Crippen MR) is 91.3 cm³/mol. The summed E-state index contributed by atoms with van der Waals surface area (Å²) in [6.45, 7) is 0.251. The molecule has 0 unspecified atom stereocenters. The van der Waals surface area contributed by atoms with E-state index < -0.39 is 6.09 Å². The van der Waals surface area contributed by atoms with Crippen LogP contribution >= 0.6 is 0 Å². The molecule has 24 heavy (non-hydrogen) atoms. The Kier molecular flexibility index (Phi) is 4.79. The Hall–Kier alpha value is -2.82. The average molecular weight is 324 g/mol. The molecule has 1 heterocycles. The fraction of sp³-hybridized carbons (Fsp3) is 0.263. The van der Waals surface area contributed by atoms with Crippen molar-refractivity contribution in [2.24, 2.45) is 0 Å². The van der Waals surface area contributed by atoms with E-state index in [0.717, 1.165) is 11.1 Å². The van der Waals surface area contributed by atoms with Crippen LogP contribution in [0.3, 0.4) is 0 Å². The Bertz CT molecular complexity index is 713. The average Bonchev–Trinajstić information content (AvgIpc) is 2.95. The number of nitrogens with two attached hydrogens (primary N) is 1. The number of nitrogens with zero attached hydrogens (tertiary/aromatic N) is 1. The van der Waals surface area contributed by atoms with Gasteiger partial charge < -0.3 is 10.5 Å². The lowest BCUT2D eigenvalue weighted by atomic mass is 10.0. The summed E-state index contributed by atoms with van der Waals surface area (Å²) in [5, 5.41) is 0. The number of benzene rings is 2. The number of carbonyl (C=O) groups is 2. The molecule has 1 aliphatic heterocycles. The number of ether oxygens (including phenoxy) is 1. The lowest BCUT2D eigenvalue weighted by Crippen LogP contribution is -2.40. The van der Waals surface area contributed by atoms with E-state index in [-0.39, 0.29) is 25.0 Å². The molecule has 1 fully saturated rings. The smallest absolute Gasteiger partial charge is 0.416 e. The summed E-state index contributed by atoms with van der Waals surface area (Å²) < 4.78 is 5.09. The van der Waals surface area contributed by atoms with Crippen LogP contribution < -0.4 is 5.73 Å². The van der Waals surface area contributed by atoms with Crippen molar-refractivity contribution >= 4 is 17.7 Å². The third-order valence-electron chi connectivity index (χ3n) is 4.15. The van der Waals surface area contributed by atoms with Gasteiger partial charge in [-0.1, -0.05) is 42.5 Å². The molecule has 2 aromatic rings. The van der Waals surface area contributed by atoms with E-state index >= 15 is 0 Å². The molecular formula is C19H20N2O3. The summed E-state index contributed by atoms with van der Waals surface area (Å²) in [6, 6.07) is 17.0. The van der Waals surface area contributed by atoms with Gasteiger partial charge in [0.05, 0.1) is 6.04 Å². The summed E-state index contributed by atoms with van der Waals surface area (Å²) in [6.07, 6.45) is 0.907. The summed E-state index contributed by atoms with van der Waals surface area (Å²) in [4.78, 5) is 25.7. The van der Waals surface area contributed by atoms with Crippen LogP contribution in [-0.4, -0.2) is 29.5 Å². The molecule has 3 rings (SSSR count). The minimum absolute atomic E-state index is 0.199. The maximum Gasteiger partial charge on any atom is 0.416 e. The Labute approximate surface area is 141 Å². The zero-order chi connectivity index (χ0) is 16.9. The highest BCUT2D eigenvalue weighted by Gasteiger charge is 2.37. The highest BCUT2D eigenvalue weighted by molar-refractivity contribution is 5.93. The second-order valence-corrected chi connectivity index (χ2v) is 5.93. The van der Waals surface area contributed by atoms with Gasteiger partial charge in [0.1, 0.15) is 6.61 Å². The van der Waals surface area contributed by atoms with Crippen molar-refractivity contribution in [2.75, 3.05) is 12.3 Å². The van der Waals surface area contributed by atoms with Gasteiger partial charge >= 0.3 is 6.09 Å². The molecule has 1 atom stereocenters. The van der Waals surface area contributed by atoms with E-state index in [1.54, 1.807) is 0 Å². The first-order chi connectivity index (χ1) is 11.6. The van der Waals surface area contributed by atoms with Crippen LogP contribution in [-0.2, 0) is 22.4 Å². The summed E-state index contributed by atoms with van der Waals surface area (Å²) in [5.41, 5.74) is 8.45. The fourth-order valence-corrected chi connectivity index (χ4v) is 2.86. The zero-order valence-corrected chi connectivity index (χ0v) is 13.4. The first-order valence-corrected chi connectivity index (χ1v) is 8.00. The topological polar surface area (TPSA) is 72.6 Å². The largest absolute Gasteiger partial charge is 0.447 e. The summed E-state index contributed by atoms with van der Waals surface area (Å²) in [7, 11) is 0. The van der Waals surface area contributed by atoms with Crippen LogP contribution in [0, 0.1) is 0 Å². The highest BCUT2D eigenvalue weighted by Crippen LogP contribution is 2.19. The Morgan fingerprint density at radius 2 is 1.79 bits per heavy atom. The van der Waals surface area contributed by atoms with Gasteiger partial charge in [-0.3, -0.25) is 4.79 Å². The number of hydrogen-bond acceptors (Lipinski definition) is 4. The van der Waals surface area contributed by atoms with E-state index in [1.807, 2.05) is 54.6 Å². The number of imide groups is 1. The Balaban J connectivity index is 1.62. The van der Waals surface area contributed by atoms with Gasteiger partial charge in [0.15, 0.2) is 0 Å². The molecule has 1 saturated heterocycles. The van der Waals surface area contributed by atoms with Crippen LogP contribution in [0.2, 0.25) is 0 Å². The highest BCUT2D eigenvalue weighted by atomic mass is 16.6. The van der Waals surface area contributed by atoms with Crippen LogP contribution in [0.25, 0.3) is 0 Å². The third kappa shape index (κ3) is 3.74. The van der Waals surface area contributed by atoms with Gasteiger partial charge in [-0.05, 0) is 36.1 Å². The van der Waals surface area contributed by atoms with E-state index in [9.17, 15) is 9.59 Å². The fourth-order valence-electron chi connectivity index (χ4n) is 2.86. The van der Waals surface area contributed by atoms with Crippen LogP contribution in [0.15, 0.2) is 54.6 Å². The molecular weight excluding hydrogens is 304 g/mol. The molecule has 2 amide bonds. The normalized spacial score (nSPS) is 16.9. The number of aryl methyl sites for hydroxylation is 1. The van der Waals surface area contributed by atoms with E-state index in [2.05, 4.69) is 0 Å². The third-order valence-corrected chi connectivity index (χ3v) is 4.15. The molecule has 0 aliphatic carbocycles. The van der Waals surface area contributed by atoms with E-state index in [4.69, 9.17) is 10.5 Å². The lowest BCUT2D eigenvalue weighted by molar-refractivity contribution is -0.129. The van der Waals surface area contributed by atoms with E-state index in [0.29, 0.717) is 18.5 Å². The van der Waals surface area contributed by atoms with Crippen molar-refractivity contribution in [3.8, 4) is 0 Å². The van der Waals surface area contributed by atoms with Crippen molar-refractivity contribution in [3.05, 3.63) is 65.7 Å². The van der Waals surface area contributed by atoms with Gasteiger partial charge in [0.25, 0.3) is 0 Å². The molecule has 124 valence electrons. The monoisotopic (exact) mass is 324 g/mol. The molecule has 0 saturated carbocycles. The molecule has 0 spiro atoms. The number of anilines is 1. The number of nitrogen functional groups attached to an aromatic ring is 1. The van der Waals surface area contributed by atoms with Gasteiger partial charge in [-0.25, -0.2) is 9.69 Å². The number of carbonyl (C=O) groups excluding carboxylic acids is 2. The molecule has 2 aromatic carbocycles. The molecule has 0 aromatic heterocycles. The summed E-state index contributed by atoms with van der Waals surface area (Å²) >= 11 is 0. The van der Waals surface area contributed by atoms with Gasteiger partial charge in [0, 0.05) is 12.1 Å². The quantitative estimate of drug-likeness (QED) is 0.858. The van der Waals surface area contributed by atoms with Crippen molar-refractivity contribution in [1.82, 2.24) is 4.90 Å². The standard InChI is InChI=1S/C19H20N2O3/c20-16-9-6-14(7-10-16)8-11-18(22)21-17(13-24-19(21)23)12-15-4-2-1-3-5-15/h1-7,9-10,17H,8,11-13,20H2/t17-/m1/s1. The number of cyclic esters (lactones) is 1. The van der Waals surface area contributed by atoms with E-state index in [1.165, 1.54) is 4.90 Å². The van der Waals surface area contributed by atoms with Crippen molar-refractivity contribution in [2.45, 2.75) is 25.3 Å². The predicted octanol–water partition coefficient (Wildman–Crippen LogP) is 2.79. The van der Waals surface area contributed by atoms with Crippen molar-refractivity contribution < 1.29 is 14.3 Å². The number of rotatable bonds is 5. The first kappa shape index (κ1) is 16.1. The molecule has 5 heteroatoms. The Morgan fingerprint density at radius 1 is 1.08 bits per heavy atom. The molecule has 2 N–H and O–H groups in total. The van der Waals surface area contributed by atoms with Crippen molar-refractivity contribution in [1.29, 1.82) is 0 Å².